The fraction of sp³-hybridized carbons (Fsp3) is 0.600. The van der Waals surface area contributed by atoms with E-state index in [9.17, 15) is 0 Å². The Morgan fingerprint density at radius 3 is 3.10 bits per heavy atom. The first-order valence-electron chi connectivity index (χ1n) is 7.52. The lowest BCUT2D eigenvalue weighted by Crippen LogP contribution is -2.40. The predicted octanol–water partition coefficient (Wildman–Crippen LogP) is 2.93. The van der Waals surface area contributed by atoms with Crippen LogP contribution in [0.3, 0.4) is 0 Å². The molecule has 4 rings (SSSR count). The molecule has 0 N–H and O–H groups in total. The standard InChI is InChI=1S/C15H19N3O2S/c1-10-16-15(20-17-10)14-5-4-12-13(19-14)6-7-18(12)9-11-3-2-8-21-11/h2-3,8,12-14H,4-7,9H2,1H3/t12-,13-,14+/m1/s1. The van der Waals surface area contributed by atoms with Crippen molar-refractivity contribution in [2.45, 2.75) is 51.0 Å². The number of aromatic nitrogens is 2. The van der Waals surface area contributed by atoms with E-state index in [2.05, 4.69) is 32.6 Å². The van der Waals surface area contributed by atoms with Gasteiger partial charge in [-0.05, 0) is 37.6 Å². The summed E-state index contributed by atoms with van der Waals surface area (Å²) in [6.07, 6.45) is 3.48. The Balaban J connectivity index is 1.42. The normalized spacial score (nSPS) is 29.7. The molecule has 3 atom stereocenters. The van der Waals surface area contributed by atoms with Crippen LogP contribution in [0.25, 0.3) is 0 Å². The average Bonchev–Trinajstić information content (AvgIpc) is 3.21. The third kappa shape index (κ3) is 2.63. The molecule has 0 amide bonds. The highest BCUT2D eigenvalue weighted by atomic mass is 32.1. The van der Waals surface area contributed by atoms with Crippen LogP contribution in [0.4, 0.5) is 0 Å². The van der Waals surface area contributed by atoms with Gasteiger partial charge in [-0.3, -0.25) is 4.90 Å². The van der Waals surface area contributed by atoms with E-state index in [-0.39, 0.29) is 6.10 Å². The molecule has 0 radical (unpaired) electrons. The molecule has 0 spiro atoms. The number of nitrogens with zero attached hydrogens (tertiary/aromatic N) is 3. The molecule has 0 saturated carbocycles. The molecule has 2 saturated heterocycles. The number of rotatable bonds is 3. The zero-order valence-electron chi connectivity index (χ0n) is 12.1. The minimum atomic E-state index is -0.0193. The van der Waals surface area contributed by atoms with Crippen LogP contribution in [-0.4, -0.2) is 33.7 Å². The summed E-state index contributed by atoms with van der Waals surface area (Å²) >= 11 is 1.83. The van der Waals surface area contributed by atoms with Crippen LogP contribution < -0.4 is 0 Å². The van der Waals surface area contributed by atoms with Gasteiger partial charge in [0.2, 0.25) is 0 Å². The molecular formula is C15H19N3O2S. The summed E-state index contributed by atoms with van der Waals surface area (Å²) < 4.78 is 11.5. The number of likely N-dealkylation sites (tertiary alicyclic amines) is 1. The molecule has 4 heterocycles. The molecule has 2 aliphatic heterocycles. The van der Waals surface area contributed by atoms with Crippen molar-refractivity contribution in [2.75, 3.05) is 6.54 Å². The Morgan fingerprint density at radius 1 is 1.38 bits per heavy atom. The molecule has 0 unspecified atom stereocenters. The summed E-state index contributed by atoms with van der Waals surface area (Å²) in [6.45, 7) is 4.01. The summed E-state index contributed by atoms with van der Waals surface area (Å²) in [6, 6.07) is 4.87. The third-order valence-electron chi connectivity index (χ3n) is 4.42. The van der Waals surface area contributed by atoms with E-state index in [1.54, 1.807) is 0 Å². The van der Waals surface area contributed by atoms with Crippen molar-refractivity contribution in [1.29, 1.82) is 0 Å². The van der Waals surface area contributed by atoms with Crippen LogP contribution >= 0.6 is 11.3 Å². The molecular weight excluding hydrogens is 286 g/mol. The SMILES string of the molecule is Cc1noc([C@@H]2CC[C@@H]3[C@@H](CCN3Cc3cccs3)O2)n1. The van der Waals surface area contributed by atoms with Crippen LogP contribution in [0, 0.1) is 6.92 Å². The Morgan fingerprint density at radius 2 is 2.33 bits per heavy atom. The van der Waals surface area contributed by atoms with E-state index >= 15 is 0 Å². The van der Waals surface area contributed by atoms with Gasteiger partial charge in [0.15, 0.2) is 5.82 Å². The number of hydrogen-bond acceptors (Lipinski definition) is 6. The molecule has 0 bridgehead atoms. The van der Waals surface area contributed by atoms with Crippen molar-refractivity contribution in [3.05, 3.63) is 34.1 Å². The second-order valence-corrected chi connectivity index (χ2v) is 6.86. The average molecular weight is 305 g/mol. The molecule has 5 nitrogen and oxygen atoms in total. The predicted molar refractivity (Wildman–Crippen MR) is 79.0 cm³/mol. The van der Waals surface area contributed by atoms with Crippen LogP contribution in [-0.2, 0) is 11.3 Å². The smallest absolute Gasteiger partial charge is 0.255 e. The fourth-order valence-electron chi connectivity index (χ4n) is 3.44. The maximum atomic E-state index is 6.22. The molecule has 112 valence electrons. The van der Waals surface area contributed by atoms with Crippen molar-refractivity contribution >= 4 is 11.3 Å². The molecule has 0 aliphatic carbocycles. The first-order chi connectivity index (χ1) is 10.3. The van der Waals surface area contributed by atoms with Gasteiger partial charge < -0.3 is 9.26 Å². The highest BCUT2D eigenvalue weighted by molar-refractivity contribution is 7.09. The molecule has 2 aromatic rings. The lowest BCUT2D eigenvalue weighted by Gasteiger charge is -2.34. The Labute approximate surface area is 127 Å². The minimum Gasteiger partial charge on any atom is -0.363 e. The van der Waals surface area contributed by atoms with Gasteiger partial charge in [-0.15, -0.1) is 11.3 Å². The van der Waals surface area contributed by atoms with Gasteiger partial charge >= 0.3 is 0 Å². The van der Waals surface area contributed by atoms with Gasteiger partial charge in [0, 0.05) is 24.0 Å². The van der Waals surface area contributed by atoms with Crippen molar-refractivity contribution in [1.82, 2.24) is 15.0 Å². The van der Waals surface area contributed by atoms with E-state index in [0.29, 0.717) is 23.9 Å². The largest absolute Gasteiger partial charge is 0.363 e. The Kier molecular flexibility index (Phi) is 3.52. The van der Waals surface area contributed by atoms with Gasteiger partial charge in [0.05, 0.1) is 6.10 Å². The second-order valence-electron chi connectivity index (χ2n) is 5.83. The summed E-state index contributed by atoms with van der Waals surface area (Å²) in [4.78, 5) is 8.31. The minimum absolute atomic E-state index is 0.0193. The first kappa shape index (κ1) is 13.4. The fourth-order valence-corrected chi connectivity index (χ4v) is 4.17. The highest BCUT2D eigenvalue weighted by Gasteiger charge is 2.41. The molecule has 21 heavy (non-hydrogen) atoms. The van der Waals surface area contributed by atoms with Crippen molar-refractivity contribution in [3.8, 4) is 0 Å². The van der Waals surface area contributed by atoms with Crippen molar-refractivity contribution in [2.24, 2.45) is 0 Å². The number of ether oxygens (including phenoxy) is 1. The van der Waals surface area contributed by atoms with Crippen molar-refractivity contribution < 1.29 is 9.26 Å². The number of fused-ring (bicyclic) bond motifs is 1. The van der Waals surface area contributed by atoms with Gasteiger partial charge in [-0.2, -0.15) is 4.98 Å². The highest BCUT2D eigenvalue weighted by Crippen LogP contribution is 2.38. The molecule has 0 aromatic carbocycles. The maximum Gasteiger partial charge on any atom is 0.255 e. The number of hydrogen-bond donors (Lipinski definition) is 0. The third-order valence-corrected chi connectivity index (χ3v) is 5.28. The molecule has 6 heteroatoms. The monoisotopic (exact) mass is 305 g/mol. The van der Waals surface area contributed by atoms with E-state index in [1.807, 2.05) is 18.3 Å². The molecule has 2 aromatic heterocycles. The van der Waals surface area contributed by atoms with E-state index in [0.717, 1.165) is 32.4 Å². The van der Waals surface area contributed by atoms with Crippen LogP contribution in [0.1, 0.15) is 42.0 Å². The van der Waals surface area contributed by atoms with Gasteiger partial charge in [0.1, 0.15) is 6.10 Å². The van der Waals surface area contributed by atoms with Gasteiger partial charge in [0.25, 0.3) is 5.89 Å². The zero-order valence-corrected chi connectivity index (χ0v) is 12.9. The van der Waals surface area contributed by atoms with Crippen LogP contribution in [0.15, 0.2) is 22.0 Å². The first-order valence-corrected chi connectivity index (χ1v) is 8.39. The lowest BCUT2D eigenvalue weighted by molar-refractivity contribution is -0.0831. The number of aryl methyl sites for hydroxylation is 1. The summed E-state index contributed by atoms with van der Waals surface area (Å²) in [5.74, 6) is 1.32. The Hall–Kier alpha value is -1.24. The molecule has 2 fully saturated rings. The van der Waals surface area contributed by atoms with E-state index in [4.69, 9.17) is 9.26 Å². The van der Waals surface area contributed by atoms with Gasteiger partial charge in [-0.1, -0.05) is 11.2 Å². The quantitative estimate of drug-likeness (QED) is 0.872. The number of thiophene rings is 1. The summed E-state index contributed by atoms with van der Waals surface area (Å²) in [5, 5.41) is 6.01. The van der Waals surface area contributed by atoms with Gasteiger partial charge in [-0.25, -0.2) is 0 Å². The maximum absolute atomic E-state index is 6.22. The van der Waals surface area contributed by atoms with Crippen molar-refractivity contribution in [3.63, 3.8) is 0 Å². The van der Waals surface area contributed by atoms with E-state index in [1.165, 1.54) is 4.88 Å². The van der Waals surface area contributed by atoms with E-state index < -0.39 is 0 Å². The molecule has 2 aliphatic rings. The summed E-state index contributed by atoms with van der Waals surface area (Å²) in [7, 11) is 0. The Bertz CT molecular complexity index is 598. The topological polar surface area (TPSA) is 51.4 Å². The van der Waals surface area contributed by atoms with Crippen LogP contribution in [0.5, 0.6) is 0 Å². The zero-order chi connectivity index (χ0) is 14.2. The summed E-state index contributed by atoms with van der Waals surface area (Å²) in [5.41, 5.74) is 0. The van der Waals surface area contributed by atoms with Crippen LogP contribution in [0.2, 0.25) is 0 Å². The second kappa shape index (κ2) is 5.51. The lowest BCUT2D eigenvalue weighted by atomic mass is 9.99.